The van der Waals surface area contributed by atoms with E-state index in [0.717, 1.165) is 22.3 Å². The van der Waals surface area contributed by atoms with Gasteiger partial charge < -0.3 is 29.7 Å². The monoisotopic (exact) mass is 1040 g/mol. The topological polar surface area (TPSA) is 161 Å². The van der Waals surface area contributed by atoms with Crippen LogP contribution in [-0.2, 0) is 31.1 Å². The van der Waals surface area contributed by atoms with E-state index in [-0.39, 0.29) is 32.0 Å². The summed E-state index contributed by atoms with van der Waals surface area (Å²) >= 11 is 0. The van der Waals surface area contributed by atoms with Gasteiger partial charge in [-0.05, 0) is 83.8 Å². The number of anilines is 2. The molecule has 7 aromatic rings. The Bertz CT molecular complexity index is 3320. The molecule has 0 unspecified atom stereocenters. The van der Waals surface area contributed by atoms with E-state index in [4.69, 9.17) is 9.47 Å². The van der Waals surface area contributed by atoms with Crippen LogP contribution in [0.15, 0.2) is 182 Å². The first-order valence-electron chi connectivity index (χ1n) is 26.4. The lowest BCUT2D eigenvalue weighted by atomic mass is 9.64. The number of fused-ring (bicyclic) bond motifs is 3. The number of morpholine rings is 1. The Morgan fingerprint density at radius 3 is 2.09 bits per heavy atom. The zero-order chi connectivity index (χ0) is 53.8. The van der Waals surface area contributed by atoms with E-state index in [1.165, 1.54) is 4.90 Å². The summed E-state index contributed by atoms with van der Waals surface area (Å²) in [4.78, 5) is 82.7. The third-order valence-corrected chi connectivity index (χ3v) is 15.4. The number of amides is 4. The van der Waals surface area contributed by atoms with Gasteiger partial charge in [0.15, 0.2) is 0 Å². The first-order valence-corrected chi connectivity index (χ1v) is 26.4. The van der Waals surface area contributed by atoms with Gasteiger partial charge in [0.2, 0.25) is 17.8 Å². The van der Waals surface area contributed by atoms with Gasteiger partial charge in [-0.2, -0.15) is 0 Å². The van der Waals surface area contributed by atoms with Crippen LogP contribution in [0.3, 0.4) is 0 Å². The van der Waals surface area contributed by atoms with Gasteiger partial charge in [-0.15, -0.1) is 0 Å². The summed E-state index contributed by atoms with van der Waals surface area (Å²) in [5.41, 5.74) is 3.26. The number of hydrogen-bond donors (Lipinski definition) is 2. The molecule has 4 aliphatic heterocycles. The van der Waals surface area contributed by atoms with Gasteiger partial charge in [0, 0.05) is 50.7 Å². The van der Waals surface area contributed by atoms with E-state index < -0.39 is 65.4 Å². The molecular weight excluding hydrogens is 981 g/mol. The molecule has 5 heterocycles. The molecule has 0 bridgehead atoms. The molecule has 4 amide bonds. The first-order chi connectivity index (χ1) is 38.1. The number of ether oxygens (including phenoxy) is 2. The lowest BCUT2D eigenvalue weighted by Crippen LogP contribution is -2.59. The van der Waals surface area contributed by atoms with Gasteiger partial charge in [-0.1, -0.05) is 145 Å². The molecule has 3 fully saturated rings. The predicted octanol–water partition coefficient (Wildman–Crippen LogP) is 7.82. The predicted molar refractivity (Wildman–Crippen MR) is 295 cm³/mol. The van der Waals surface area contributed by atoms with E-state index in [0.29, 0.717) is 54.6 Å². The Kier molecular flexibility index (Phi) is 14.8. The molecule has 0 radical (unpaired) electrons. The van der Waals surface area contributed by atoms with Crippen LogP contribution in [0.4, 0.5) is 16.4 Å². The second-order valence-corrected chi connectivity index (χ2v) is 20.2. The second kappa shape index (κ2) is 22.5. The molecule has 6 aromatic carbocycles. The maximum atomic E-state index is 17.0. The van der Waals surface area contributed by atoms with Crippen molar-refractivity contribution in [3.63, 3.8) is 0 Å². The largest absolute Gasteiger partial charge is 0.491 e. The van der Waals surface area contributed by atoms with Crippen LogP contribution in [0.2, 0.25) is 0 Å². The van der Waals surface area contributed by atoms with Crippen LogP contribution in [0.25, 0.3) is 0 Å². The van der Waals surface area contributed by atoms with Crippen LogP contribution in [-0.4, -0.2) is 113 Å². The lowest BCUT2D eigenvalue weighted by molar-refractivity contribution is -0.179. The lowest BCUT2D eigenvalue weighted by Gasteiger charge is -2.46. The van der Waals surface area contributed by atoms with Gasteiger partial charge in [0.25, 0.3) is 0 Å². The number of carbonyl (C=O) groups excluding carboxylic acids is 4. The van der Waals surface area contributed by atoms with Crippen LogP contribution in [0.5, 0.6) is 5.75 Å². The van der Waals surface area contributed by atoms with Crippen LogP contribution in [0, 0.1) is 17.8 Å². The molecular formula is C63H60N8O7. The highest BCUT2D eigenvalue weighted by Crippen LogP contribution is 2.66. The summed E-state index contributed by atoms with van der Waals surface area (Å²) in [5, 5.41) is 12.9. The van der Waals surface area contributed by atoms with E-state index in [1.807, 2.05) is 151 Å². The summed E-state index contributed by atoms with van der Waals surface area (Å²) in [6.45, 7) is 3.99. The molecule has 1 aromatic heterocycles. The third kappa shape index (κ3) is 9.74. The Morgan fingerprint density at radius 1 is 0.782 bits per heavy atom. The van der Waals surface area contributed by atoms with Crippen LogP contribution < -0.4 is 19.9 Å². The molecule has 2 N–H and O–H groups in total. The van der Waals surface area contributed by atoms with Crippen molar-refractivity contribution in [3.8, 4) is 17.6 Å². The van der Waals surface area contributed by atoms with Crippen molar-refractivity contribution >= 4 is 35.5 Å². The second-order valence-electron chi connectivity index (χ2n) is 20.2. The summed E-state index contributed by atoms with van der Waals surface area (Å²) < 4.78 is 12.6. The van der Waals surface area contributed by atoms with Crippen molar-refractivity contribution in [2.75, 3.05) is 62.8 Å². The minimum Gasteiger partial charge on any atom is -0.491 e. The number of aliphatic hydroxyl groups is 1. The average molecular weight is 1040 g/mol. The molecule has 11 rings (SSSR count). The number of nitrogens with zero attached hydrogens (tertiary/aromatic N) is 7. The van der Waals surface area contributed by atoms with Gasteiger partial charge in [0.05, 0.1) is 42.9 Å². The number of cyclic esters (lactones) is 1. The number of piperazine rings is 1. The zero-order valence-corrected chi connectivity index (χ0v) is 43.5. The van der Waals surface area contributed by atoms with Crippen LogP contribution >= 0.6 is 0 Å². The summed E-state index contributed by atoms with van der Waals surface area (Å²) in [5.74, 6) is 4.47. The number of benzene rings is 6. The number of rotatable bonds is 13. The molecule has 78 heavy (non-hydrogen) atoms. The van der Waals surface area contributed by atoms with Gasteiger partial charge in [0.1, 0.15) is 29.9 Å². The number of hydrogen-bond acceptors (Lipinski definition) is 12. The Hall–Kier alpha value is -8.68. The number of nitrogens with one attached hydrogen (secondary N) is 1. The number of aliphatic hydroxyl groups excluding tert-OH is 1. The van der Waals surface area contributed by atoms with Crippen LogP contribution in [0.1, 0.15) is 70.1 Å². The quantitative estimate of drug-likeness (QED) is 0.0853. The van der Waals surface area contributed by atoms with Crippen molar-refractivity contribution < 1.29 is 33.8 Å². The van der Waals surface area contributed by atoms with Gasteiger partial charge in [-0.25, -0.2) is 19.7 Å². The normalized spacial score (nSPS) is 22.1. The van der Waals surface area contributed by atoms with E-state index in [9.17, 15) is 5.11 Å². The summed E-state index contributed by atoms with van der Waals surface area (Å²) in [6.07, 6.45) is 2.45. The Balaban J connectivity index is 1.13. The Morgan fingerprint density at radius 2 is 1.42 bits per heavy atom. The molecule has 0 saturated carbocycles. The van der Waals surface area contributed by atoms with Gasteiger partial charge >= 0.3 is 12.0 Å². The third-order valence-electron chi connectivity index (χ3n) is 15.4. The molecule has 4 aliphatic rings. The van der Waals surface area contributed by atoms with E-state index in [2.05, 4.69) is 44.2 Å². The van der Waals surface area contributed by atoms with E-state index in [1.54, 1.807) is 47.6 Å². The van der Waals surface area contributed by atoms with Crippen molar-refractivity contribution in [2.24, 2.45) is 5.92 Å². The fourth-order valence-electron chi connectivity index (χ4n) is 12.0. The average Bonchev–Trinajstić information content (AvgIpc) is 3.13. The van der Waals surface area contributed by atoms with Gasteiger partial charge in [-0.3, -0.25) is 24.2 Å². The summed E-state index contributed by atoms with van der Waals surface area (Å²) in [6, 6.07) is 48.7. The minimum atomic E-state index is -1.99. The fraction of sp³-hybridized carbons (Fsp3) is 0.270. The molecule has 15 nitrogen and oxygen atoms in total. The zero-order valence-electron chi connectivity index (χ0n) is 43.5. The smallest absolute Gasteiger partial charge is 0.329 e. The fourth-order valence-corrected chi connectivity index (χ4v) is 12.0. The maximum Gasteiger partial charge on any atom is 0.329 e. The number of esters is 1. The number of carbonyl (C=O) groups is 4. The van der Waals surface area contributed by atoms with E-state index >= 15 is 19.2 Å². The number of aromatic nitrogens is 2. The SMILES string of the molecule is C[C@@H](NC(=O)N1C(=O)[C@@]2(c3cc(C#CCN(C)Cc4ccccc4)ccc31)[C@H](c1ccc(OCCO)cc1)N1[C@H](c3ccccc3)[C@H](c3ccccc3)OC(=O)[C@H]1[C@@H]2C(=O)N1CCN(c2ncccn2)CC1)c1ccccc1. The molecule has 15 heteroatoms. The molecule has 0 aliphatic carbocycles. The maximum absolute atomic E-state index is 17.0. The molecule has 1 spiro atoms. The van der Waals surface area contributed by atoms with Crippen molar-refractivity contribution in [3.05, 3.63) is 221 Å². The standard InChI is InChI=1S/C63H60N8O7/c1-43(46-20-9-4-10-21-46)66-62(76)70-52-31-26-44(19-15-34-67(2)42-45-17-7-3-8-18-45)41-51(52)63(60(70)75)53(58(73)68-35-37-69(38-36-68)61-64-32-16-33-65-61)55-59(74)78-56(48-24-13-6-14-25-48)54(47-22-11-5-12-23-47)71(55)57(63)49-27-29-50(30-28-49)77-40-39-72/h3-14,16-18,20-33,41,43,53-57,72H,34-40,42H2,1-2H3,(H,66,76)/t43-,53-,54-,55-,56+,57+,63-/m1/s1. The molecule has 394 valence electrons. The highest BCUT2D eigenvalue weighted by Gasteiger charge is 2.76. The van der Waals surface area contributed by atoms with Crippen molar-refractivity contribution in [1.82, 2.24) is 30.0 Å². The highest BCUT2D eigenvalue weighted by molar-refractivity contribution is 6.24. The van der Waals surface area contributed by atoms with Crippen molar-refractivity contribution in [1.29, 1.82) is 0 Å². The number of urea groups is 1. The number of imide groups is 1. The highest BCUT2D eigenvalue weighted by atomic mass is 16.6. The minimum absolute atomic E-state index is 0.0466. The summed E-state index contributed by atoms with van der Waals surface area (Å²) in [7, 11) is 2.00. The molecule has 7 atom stereocenters. The Labute approximate surface area is 454 Å². The molecule has 3 saturated heterocycles. The first kappa shape index (κ1) is 51.4. The van der Waals surface area contributed by atoms with Crippen molar-refractivity contribution in [2.45, 2.75) is 49.2 Å².